The molecule has 1 N–H and O–H groups in total. The number of halogens is 1. The van der Waals surface area contributed by atoms with Gasteiger partial charge in [-0.05, 0) is 41.4 Å². The van der Waals surface area contributed by atoms with Crippen LogP contribution in [-0.4, -0.2) is 34.3 Å². The van der Waals surface area contributed by atoms with Crippen LogP contribution in [-0.2, 0) is 11.3 Å². The first-order chi connectivity index (χ1) is 10.1. The molecule has 0 aliphatic heterocycles. The molecular formula is C15H17BrN2O3. The highest BCUT2D eigenvalue weighted by molar-refractivity contribution is 9.10. The maximum Gasteiger partial charge on any atom is 0.338 e. The normalized spacial score (nSPS) is 10.8. The molecule has 2 rings (SSSR count). The maximum absolute atomic E-state index is 11.5. The van der Waals surface area contributed by atoms with Crippen molar-refractivity contribution in [1.82, 2.24) is 9.55 Å². The Bertz CT molecular complexity index is 638. The molecule has 2 aromatic heterocycles. The minimum Gasteiger partial charge on any atom is -0.478 e. The fourth-order valence-corrected chi connectivity index (χ4v) is 3.29. The Morgan fingerprint density at radius 3 is 2.67 bits per heavy atom. The minimum absolute atomic E-state index is 0.305. The number of aromatic carboxylic acids is 1. The van der Waals surface area contributed by atoms with E-state index in [2.05, 4.69) is 20.9 Å². The van der Waals surface area contributed by atoms with Crippen molar-refractivity contribution in [1.29, 1.82) is 0 Å². The summed E-state index contributed by atoms with van der Waals surface area (Å²) in [6, 6.07) is 3.75. The van der Waals surface area contributed by atoms with Gasteiger partial charge in [0.05, 0.1) is 15.7 Å². The van der Waals surface area contributed by atoms with Gasteiger partial charge in [0.25, 0.3) is 0 Å². The molecule has 0 fully saturated rings. The van der Waals surface area contributed by atoms with Gasteiger partial charge < -0.3 is 14.4 Å². The predicted octanol–water partition coefficient (Wildman–Crippen LogP) is 3.36. The van der Waals surface area contributed by atoms with Crippen molar-refractivity contribution in [2.45, 2.75) is 19.9 Å². The van der Waals surface area contributed by atoms with E-state index in [1.54, 1.807) is 19.5 Å². The zero-order valence-electron chi connectivity index (χ0n) is 12.0. The molecule has 0 unspecified atom stereocenters. The number of hydrogen-bond acceptors (Lipinski definition) is 3. The number of pyridine rings is 1. The lowest BCUT2D eigenvalue weighted by molar-refractivity contribution is 0.0695. The van der Waals surface area contributed by atoms with E-state index in [0.717, 1.165) is 23.4 Å². The average Bonchev–Trinajstić information content (AvgIpc) is 2.71. The second kappa shape index (κ2) is 6.87. The lowest BCUT2D eigenvalue weighted by Crippen LogP contribution is -2.06. The number of carboxylic acids is 1. The van der Waals surface area contributed by atoms with E-state index in [1.807, 2.05) is 23.6 Å². The largest absolute Gasteiger partial charge is 0.478 e. The van der Waals surface area contributed by atoms with E-state index >= 15 is 0 Å². The standard InChI is InChI=1S/C15H17BrN2O3/c1-10-12(15(19)20)13(16)14(11-4-6-17-7-5-11)18(10)8-3-9-21-2/h4-7H,3,8-9H2,1-2H3,(H,19,20). The fourth-order valence-electron chi connectivity index (χ4n) is 2.39. The maximum atomic E-state index is 11.5. The van der Waals surface area contributed by atoms with Crippen LogP contribution in [0.25, 0.3) is 11.3 Å². The number of rotatable bonds is 6. The molecule has 0 aliphatic carbocycles. The Hall–Kier alpha value is -1.66. The summed E-state index contributed by atoms with van der Waals surface area (Å²) in [5.74, 6) is -0.930. The molecule has 0 saturated carbocycles. The summed E-state index contributed by atoms with van der Waals surface area (Å²) in [4.78, 5) is 15.5. The second-order valence-electron chi connectivity index (χ2n) is 4.66. The quantitative estimate of drug-likeness (QED) is 0.809. The van der Waals surface area contributed by atoms with Crippen LogP contribution < -0.4 is 0 Å². The van der Waals surface area contributed by atoms with Crippen molar-refractivity contribution < 1.29 is 14.6 Å². The SMILES string of the molecule is COCCCn1c(C)c(C(=O)O)c(Br)c1-c1ccncc1. The van der Waals surface area contributed by atoms with E-state index in [4.69, 9.17) is 4.74 Å². The van der Waals surface area contributed by atoms with Crippen molar-refractivity contribution in [3.05, 3.63) is 40.3 Å². The monoisotopic (exact) mass is 352 g/mol. The first kappa shape index (κ1) is 15.7. The Kier molecular flexibility index (Phi) is 5.14. The molecule has 0 saturated heterocycles. The van der Waals surface area contributed by atoms with Gasteiger partial charge in [-0.2, -0.15) is 0 Å². The number of ether oxygens (including phenoxy) is 1. The van der Waals surface area contributed by atoms with Crippen molar-refractivity contribution in [2.75, 3.05) is 13.7 Å². The molecule has 2 aromatic rings. The number of aromatic nitrogens is 2. The van der Waals surface area contributed by atoms with Gasteiger partial charge in [-0.1, -0.05) is 0 Å². The summed E-state index contributed by atoms with van der Waals surface area (Å²) in [6.07, 6.45) is 4.21. The molecule has 0 atom stereocenters. The number of nitrogens with zero attached hydrogens (tertiary/aromatic N) is 2. The smallest absolute Gasteiger partial charge is 0.338 e. The molecule has 0 bridgehead atoms. The van der Waals surface area contributed by atoms with Crippen LogP contribution in [0.4, 0.5) is 0 Å². The summed E-state index contributed by atoms with van der Waals surface area (Å²) in [5.41, 5.74) is 2.84. The summed E-state index contributed by atoms with van der Waals surface area (Å²) < 4.78 is 7.71. The molecule has 0 aromatic carbocycles. The zero-order valence-corrected chi connectivity index (χ0v) is 13.6. The molecular weight excluding hydrogens is 336 g/mol. The van der Waals surface area contributed by atoms with Crippen molar-refractivity contribution in [3.8, 4) is 11.3 Å². The summed E-state index contributed by atoms with van der Waals surface area (Å²) in [7, 11) is 1.66. The highest BCUT2D eigenvalue weighted by Crippen LogP contribution is 2.36. The van der Waals surface area contributed by atoms with Crippen molar-refractivity contribution >= 4 is 21.9 Å². The summed E-state index contributed by atoms with van der Waals surface area (Å²) in [6.45, 7) is 3.16. The summed E-state index contributed by atoms with van der Waals surface area (Å²) in [5, 5.41) is 9.42. The first-order valence-corrected chi connectivity index (χ1v) is 7.38. The van der Waals surface area contributed by atoms with E-state index in [1.165, 1.54) is 0 Å². The second-order valence-corrected chi connectivity index (χ2v) is 5.46. The molecule has 0 radical (unpaired) electrons. The predicted molar refractivity (Wildman–Crippen MR) is 83.6 cm³/mol. The molecule has 0 aliphatic rings. The Balaban J connectivity index is 2.55. The van der Waals surface area contributed by atoms with Gasteiger partial charge in [-0.25, -0.2) is 4.79 Å². The number of methoxy groups -OCH3 is 1. The number of hydrogen-bond donors (Lipinski definition) is 1. The Labute approximate surface area is 131 Å². The van der Waals surface area contributed by atoms with Gasteiger partial charge in [-0.15, -0.1) is 0 Å². The lowest BCUT2D eigenvalue weighted by Gasteiger charge is -2.12. The van der Waals surface area contributed by atoms with Gasteiger partial charge in [-0.3, -0.25) is 4.98 Å². The highest BCUT2D eigenvalue weighted by atomic mass is 79.9. The molecule has 5 nitrogen and oxygen atoms in total. The van der Waals surface area contributed by atoms with Crippen LogP contribution in [0.3, 0.4) is 0 Å². The average molecular weight is 353 g/mol. The Morgan fingerprint density at radius 2 is 2.10 bits per heavy atom. The Morgan fingerprint density at radius 1 is 1.43 bits per heavy atom. The zero-order chi connectivity index (χ0) is 15.4. The van der Waals surface area contributed by atoms with E-state index in [0.29, 0.717) is 23.2 Å². The third kappa shape index (κ3) is 3.16. The molecule has 21 heavy (non-hydrogen) atoms. The molecule has 6 heteroatoms. The minimum atomic E-state index is -0.930. The van der Waals surface area contributed by atoms with Gasteiger partial charge in [0.1, 0.15) is 0 Å². The van der Waals surface area contributed by atoms with Crippen molar-refractivity contribution in [3.63, 3.8) is 0 Å². The van der Waals surface area contributed by atoms with E-state index < -0.39 is 5.97 Å². The first-order valence-electron chi connectivity index (χ1n) is 6.59. The van der Waals surface area contributed by atoms with Crippen LogP contribution in [0.1, 0.15) is 22.5 Å². The van der Waals surface area contributed by atoms with Gasteiger partial charge in [0.15, 0.2) is 0 Å². The third-order valence-corrected chi connectivity index (χ3v) is 4.13. The fraction of sp³-hybridized carbons (Fsp3) is 0.333. The molecule has 2 heterocycles. The summed E-state index contributed by atoms with van der Waals surface area (Å²) >= 11 is 3.45. The van der Waals surface area contributed by atoms with Crippen LogP contribution in [0.15, 0.2) is 29.0 Å². The van der Waals surface area contributed by atoms with E-state index in [-0.39, 0.29) is 0 Å². The topological polar surface area (TPSA) is 64.3 Å². The molecule has 112 valence electrons. The van der Waals surface area contributed by atoms with Gasteiger partial charge in [0.2, 0.25) is 0 Å². The highest BCUT2D eigenvalue weighted by Gasteiger charge is 2.23. The molecule has 0 amide bonds. The third-order valence-electron chi connectivity index (χ3n) is 3.36. The number of carboxylic acid groups (broad SMARTS) is 1. The van der Waals surface area contributed by atoms with Crippen LogP contribution in [0.2, 0.25) is 0 Å². The van der Waals surface area contributed by atoms with Gasteiger partial charge in [0, 0.05) is 43.9 Å². The van der Waals surface area contributed by atoms with Crippen LogP contribution in [0, 0.1) is 6.92 Å². The number of carbonyl (C=O) groups is 1. The van der Waals surface area contributed by atoms with E-state index in [9.17, 15) is 9.90 Å². The van der Waals surface area contributed by atoms with Crippen LogP contribution >= 0.6 is 15.9 Å². The lowest BCUT2D eigenvalue weighted by atomic mass is 10.2. The van der Waals surface area contributed by atoms with Gasteiger partial charge >= 0.3 is 5.97 Å². The van der Waals surface area contributed by atoms with Crippen LogP contribution in [0.5, 0.6) is 0 Å². The molecule has 0 spiro atoms. The van der Waals surface area contributed by atoms with Crippen molar-refractivity contribution in [2.24, 2.45) is 0 Å².